The van der Waals surface area contributed by atoms with Crippen LogP contribution in [0.15, 0.2) is 48.5 Å². The van der Waals surface area contributed by atoms with Crippen molar-refractivity contribution in [2.45, 2.75) is 0 Å². The molecule has 0 amide bonds. The van der Waals surface area contributed by atoms with Crippen molar-refractivity contribution in [3.05, 3.63) is 57.7 Å². The van der Waals surface area contributed by atoms with E-state index in [1.54, 1.807) is 0 Å². The van der Waals surface area contributed by atoms with Crippen LogP contribution >= 0.6 is 22.6 Å². The Hall–Kier alpha value is -1.34. The molecule has 2 aromatic rings. The van der Waals surface area contributed by atoms with Gasteiger partial charge in [0.15, 0.2) is 0 Å². The van der Waals surface area contributed by atoms with Gasteiger partial charge in [-0.25, -0.2) is 0 Å². The van der Waals surface area contributed by atoms with Crippen molar-refractivity contribution >= 4 is 22.6 Å². The smallest absolute Gasteiger partial charge is 0.0998 e. The molecule has 0 N–H and O–H groups in total. The maximum atomic E-state index is 9.05. The largest absolute Gasteiger partial charge is 0.192 e. The third-order valence-corrected chi connectivity index (χ3v) is 3.10. The van der Waals surface area contributed by atoms with E-state index in [4.69, 9.17) is 5.26 Å². The summed E-state index contributed by atoms with van der Waals surface area (Å²) in [7, 11) is 0. The zero-order valence-corrected chi connectivity index (χ0v) is 10.1. The van der Waals surface area contributed by atoms with E-state index in [0.717, 1.165) is 20.3 Å². The van der Waals surface area contributed by atoms with Crippen molar-refractivity contribution in [1.82, 2.24) is 0 Å². The van der Waals surface area contributed by atoms with Gasteiger partial charge in [0.25, 0.3) is 0 Å². The van der Waals surface area contributed by atoms with E-state index >= 15 is 0 Å². The number of halogens is 1. The summed E-state index contributed by atoms with van der Waals surface area (Å²) in [4.78, 5) is 0. The molecule has 0 heterocycles. The third-order valence-electron chi connectivity index (χ3n) is 2.20. The first-order chi connectivity index (χ1) is 7.33. The second-order valence-corrected chi connectivity index (χ2v) is 4.30. The molecule has 15 heavy (non-hydrogen) atoms. The number of rotatable bonds is 1. The summed E-state index contributed by atoms with van der Waals surface area (Å²) in [5.41, 5.74) is 2.85. The van der Waals surface area contributed by atoms with Gasteiger partial charge in [0.2, 0.25) is 0 Å². The molecule has 0 aliphatic rings. The lowest BCUT2D eigenvalue weighted by molar-refractivity contribution is 1.46. The van der Waals surface area contributed by atoms with Crippen molar-refractivity contribution in [3.63, 3.8) is 0 Å². The first kappa shape index (κ1) is 10.2. The van der Waals surface area contributed by atoms with Crippen LogP contribution in [0.3, 0.4) is 0 Å². The quantitative estimate of drug-likeness (QED) is 0.735. The molecule has 2 heteroatoms. The number of nitrogens with zero attached hydrogens (tertiary/aromatic N) is 1. The molecule has 1 nitrogen and oxygen atoms in total. The highest BCUT2D eigenvalue weighted by molar-refractivity contribution is 14.1. The Bertz CT molecular complexity index is 512. The maximum absolute atomic E-state index is 9.05. The van der Waals surface area contributed by atoms with E-state index in [2.05, 4.69) is 28.7 Å². The fourth-order valence-electron chi connectivity index (χ4n) is 1.52. The Morgan fingerprint density at radius 3 is 2.33 bits per heavy atom. The van der Waals surface area contributed by atoms with Gasteiger partial charge in [0, 0.05) is 9.13 Å². The van der Waals surface area contributed by atoms with E-state index < -0.39 is 0 Å². The molecule has 72 valence electrons. The molecule has 0 unspecified atom stereocenters. The lowest BCUT2D eigenvalue weighted by Gasteiger charge is -2.06. The van der Waals surface area contributed by atoms with E-state index in [9.17, 15) is 0 Å². The Morgan fingerprint density at radius 2 is 1.67 bits per heavy atom. The summed E-state index contributed by atoms with van der Waals surface area (Å²) in [6.07, 6.45) is 0. The van der Waals surface area contributed by atoms with Gasteiger partial charge in [-0.3, -0.25) is 0 Å². The van der Waals surface area contributed by atoms with Gasteiger partial charge in [-0.2, -0.15) is 5.26 Å². The predicted octanol–water partition coefficient (Wildman–Crippen LogP) is 3.83. The molecule has 2 rings (SSSR count). The fraction of sp³-hybridized carbons (Fsp3) is 0. The molecule has 0 spiro atoms. The van der Waals surface area contributed by atoms with Gasteiger partial charge in [0.05, 0.1) is 11.6 Å². The van der Waals surface area contributed by atoms with Gasteiger partial charge in [0.1, 0.15) is 0 Å². The molecule has 2 aromatic carbocycles. The van der Waals surface area contributed by atoms with E-state index in [1.165, 1.54) is 0 Å². The van der Waals surface area contributed by atoms with Gasteiger partial charge in [-0.05, 0) is 40.3 Å². The molecule has 0 bridgehead atoms. The number of nitriles is 1. The molecule has 0 aliphatic heterocycles. The summed E-state index contributed by atoms with van der Waals surface area (Å²) in [6, 6.07) is 18.0. The van der Waals surface area contributed by atoms with Crippen molar-refractivity contribution in [2.75, 3.05) is 0 Å². The predicted molar refractivity (Wildman–Crippen MR) is 69.3 cm³/mol. The van der Waals surface area contributed by atoms with Crippen LogP contribution in [0, 0.1) is 14.9 Å². The van der Waals surface area contributed by atoms with Gasteiger partial charge < -0.3 is 0 Å². The highest BCUT2D eigenvalue weighted by Crippen LogP contribution is 2.28. The van der Waals surface area contributed by atoms with Crippen LogP contribution in [0.2, 0.25) is 0 Å². The maximum Gasteiger partial charge on any atom is 0.0998 e. The lowest BCUT2D eigenvalue weighted by atomic mass is 10.0. The van der Waals surface area contributed by atoms with Gasteiger partial charge in [-0.15, -0.1) is 0 Å². The van der Waals surface area contributed by atoms with E-state index in [0.29, 0.717) is 0 Å². The number of benzene rings is 2. The second kappa shape index (κ2) is 4.45. The molecular weight excluding hydrogens is 297 g/mol. The van der Waals surface area contributed by atoms with Crippen molar-refractivity contribution in [3.8, 4) is 17.2 Å². The zero-order valence-electron chi connectivity index (χ0n) is 7.94. The third kappa shape index (κ3) is 2.02. The molecule has 0 aliphatic carbocycles. The van der Waals surface area contributed by atoms with Gasteiger partial charge >= 0.3 is 0 Å². The summed E-state index contributed by atoms with van der Waals surface area (Å²) >= 11 is 2.26. The minimum Gasteiger partial charge on any atom is -0.192 e. The van der Waals surface area contributed by atoms with Crippen LogP contribution in [0.1, 0.15) is 5.56 Å². The van der Waals surface area contributed by atoms with Crippen LogP contribution in [-0.2, 0) is 0 Å². The zero-order chi connectivity index (χ0) is 10.7. The fourth-order valence-corrected chi connectivity index (χ4v) is 2.33. The first-order valence-corrected chi connectivity index (χ1v) is 5.65. The average molecular weight is 305 g/mol. The Balaban J connectivity index is 2.68. The second-order valence-electron chi connectivity index (χ2n) is 3.14. The highest BCUT2D eigenvalue weighted by Gasteiger charge is 2.07. The monoisotopic (exact) mass is 305 g/mol. The minimum atomic E-state index is 0.730. The Labute approximate surface area is 103 Å². The minimum absolute atomic E-state index is 0.730. The number of hydrogen-bond donors (Lipinski definition) is 0. The van der Waals surface area contributed by atoms with Crippen LogP contribution < -0.4 is 0 Å². The summed E-state index contributed by atoms with van der Waals surface area (Å²) in [5.74, 6) is 0. The molecule has 0 fully saturated rings. The van der Waals surface area contributed by atoms with Crippen LogP contribution in [-0.4, -0.2) is 0 Å². The molecule has 0 saturated carbocycles. The summed E-state index contributed by atoms with van der Waals surface area (Å²) < 4.78 is 1.11. The molecular formula is C13H8IN. The first-order valence-electron chi connectivity index (χ1n) is 4.57. The van der Waals surface area contributed by atoms with Crippen LogP contribution in [0.25, 0.3) is 11.1 Å². The molecule has 0 atom stereocenters. The average Bonchev–Trinajstić information content (AvgIpc) is 2.29. The standard InChI is InChI=1S/C13H8IN/c14-12-8-4-7-11(9-15)13(12)10-5-2-1-3-6-10/h1-8H. The molecule has 0 aromatic heterocycles. The van der Waals surface area contributed by atoms with Crippen molar-refractivity contribution < 1.29 is 0 Å². The molecule has 0 radical (unpaired) electrons. The van der Waals surface area contributed by atoms with E-state index in [-0.39, 0.29) is 0 Å². The normalized spacial score (nSPS) is 9.60. The van der Waals surface area contributed by atoms with Crippen LogP contribution in [0.4, 0.5) is 0 Å². The summed E-state index contributed by atoms with van der Waals surface area (Å²) in [6.45, 7) is 0. The van der Waals surface area contributed by atoms with Crippen molar-refractivity contribution in [2.24, 2.45) is 0 Å². The SMILES string of the molecule is N#Cc1cccc(I)c1-c1ccccc1. The van der Waals surface area contributed by atoms with Crippen molar-refractivity contribution in [1.29, 1.82) is 5.26 Å². The van der Waals surface area contributed by atoms with Crippen LogP contribution in [0.5, 0.6) is 0 Å². The summed E-state index contributed by atoms with van der Waals surface area (Å²) in [5, 5.41) is 9.05. The lowest BCUT2D eigenvalue weighted by Crippen LogP contribution is -1.87. The Morgan fingerprint density at radius 1 is 0.933 bits per heavy atom. The molecule has 0 saturated heterocycles. The van der Waals surface area contributed by atoms with Gasteiger partial charge in [-0.1, -0.05) is 36.4 Å². The topological polar surface area (TPSA) is 23.8 Å². The number of hydrogen-bond acceptors (Lipinski definition) is 1. The van der Waals surface area contributed by atoms with E-state index in [1.807, 2.05) is 48.5 Å². The Kier molecular flexibility index (Phi) is 3.02. The highest BCUT2D eigenvalue weighted by atomic mass is 127.